The summed E-state index contributed by atoms with van der Waals surface area (Å²) in [6.07, 6.45) is 1.46. The summed E-state index contributed by atoms with van der Waals surface area (Å²) in [7, 11) is 0. The number of hydrogen-bond acceptors (Lipinski definition) is 5. The zero-order valence-corrected chi connectivity index (χ0v) is 15.0. The van der Waals surface area contributed by atoms with E-state index in [1.165, 1.54) is 12.3 Å². The van der Waals surface area contributed by atoms with Crippen LogP contribution in [0.15, 0.2) is 82.1 Å². The van der Waals surface area contributed by atoms with E-state index < -0.39 is 11.5 Å². The molecule has 0 saturated carbocycles. The number of carbonyl (C=O) groups is 1. The number of anilines is 1. The molecule has 0 radical (unpaired) electrons. The van der Waals surface area contributed by atoms with Crippen LogP contribution in [0.25, 0.3) is 11.0 Å². The number of nitrogens with one attached hydrogen (secondary N) is 1. The van der Waals surface area contributed by atoms with Gasteiger partial charge >= 0.3 is 5.63 Å². The Labute approximate surface area is 160 Å². The van der Waals surface area contributed by atoms with Gasteiger partial charge in [0.05, 0.1) is 11.9 Å². The number of pyridine rings is 1. The first-order valence-electron chi connectivity index (χ1n) is 8.63. The minimum absolute atomic E-state index is 0.0707. The minimum Gasteiger partial charge on any atom is -0.439 e. The highest BCUT2D eigenvalue weighted by Crippen LogP contribution is 2.21. The third-order valence-corrected chi connectivity index (χ3v) is 4.12. The zero-order chi connectivity index (χ0) is 19.5. The smallest absolute Gasteiger partial charge is 0.349 e. The molecule has 0 saturated heterocycles. The van der Waals surface area contributed by atoms with Crippen LogP contribution in [-0.4, -0.2) is 10.9 Å². The Hall–Kier alpha value is -3.93. The molecule has 0 bridgehead atoms. The highest BCUT2D eigenvalue weighted by molar-refractivity contribution is 6.05. The number of aryl methyl sites for hydroxylation is 1. The average molecular weight is 372 g/mol. The van der Waals surface area contributed by atoms with E-state index >= 15 is 0 Å². The third-order valence-electron chi connectivity index (χ3n) is 4.12. The van der Waals surface area contributed by atoms with Crippen LogP contribution >= 0.6 is 0 Å². The molecule has 1 N–H and O–H groups in total. The SMILES string of the molecule is Cc1ccc(Oc2ccc(NC(=O)c3cc4ccccc4oc3=O)cn2)cc1. The third kappa shape index (κ3) is 3.76. The Morgan fingerprint density at radius 2 is 1.82 bits per heavy atom. The molecule has 0 spiro atoms. The number of rotatable bonds is 4. The predicted octanol–water partition coefficient (Wildman–Crippen LogP) is 4.54. The van der Waals surface area contributed by atoms with Crippen LogP contribution in [0.1, 0.15) is 15.9 Å². The van der Waals surface area contributed by atoms with Gasteiger partial charge in [0.15, 0.2) is 0 Å². The van der Waals surface area contributed by atoms with E-state index in [9.17, 15) is 9.59 Å². The Bertz CT molecular complexity index is 1200. The molecule has 2 aromatic heterocycles. The van der Waals surface area contributed by atoms with Gasteiger partial charge in [-0.15, -0.1) is 0 Å². The zero-order valence-electron chi connectivity index (χ0n) is 15.0. The number of amides is 1. The summed E-state index contributed by atoms with van der Waals surface area (Å²) >= 11 is 0. The first kappa shape index (κ1) is 17.5. The first-order chi connectivity index (χ1) is 13.6. The lowest BCUT2D eigenvalue weighted by atomic mass is 10.2. The fourth-order valence-corrected chi connectivity index (χ4v) is 2.66. The Morgan fingerprint density at radius 1 is 1.04 bits per heavy atom. The van der Waals surface area contributed by atoms with Crippen molar-refractivity contribution in [3.05, 3.63) is 94.5 Å². The van der Waals surface area contributed by atoms with Crippen LogP contribution in [0, 0.1) is 6.92 Å². The van der Waals surface area contributed by atoms with E-state index in [0.29, 0.717) is 28.3 Å². The number of carbonyl (C=O) groups excluding carboxylic acids is 1. The molecule has 6 heteroatoms. The van der Waals surface area contributed by atoms with Crippen LogP contribution in [0.4, 0.5) is 5.69 Å². The number of aromatic nitrogens is 1. The number of benzene rings is 2. The van der Waals surface area contributed by atoms with Gasteiger partial charge in [-0.2, -0.15) is 0 Å². The maximum Gasteiger partial charge on any atom is 0.349 e. The topological polar surface area (TPSA) is 81.4 Å². The first-order valence-corrected chi connectivity index (χ1v) is 8.63. The van der Waals surface area contributed by atoms with Gasteiger partial charge in [-0.3, -0.25) is 4.79 Å². The Morgan fingerprint density at radius 3 is 2.57 bits per heavy atom. The average Bonchev–Trinajstić information content (AvgIpc) is 2.70. The van der Waals surface area contributed by atoms with Gasteiger partial charge in [0, 0.05) is 11.5 Å². The molecular formula is C22H16N2O4. The van der Waals surface area contributed by atoms with Gasteiger partial charge in [-0.1, -0.05) is 35.9 Å². The molecule has 0 aliphatic carbocycles. The highest BCUT2D eigenvalue weighted by Gasteiger charge is 2.14. The second-order valence-electron chi connectivity index (χ2n) is 6.24. The van der Waals surface area contributed by atoms with Gasteiger partial charge in [0.25, 0.3) is 5.91 Å². The van der Waals surface area contributed by atoms with Crippen molar-refractivity contribution in [1.82, 2.24) is 4.98 Å². The molecule has 6 nitrogen and oxygen atoms in total. The molecule has 0 unspecified atom stereocenters. The summed E-state index contributed by atoms with van der Waals surface area (Å²) in [6.45, 7) is 2.00. The van der Waals surface area contributed by atoms with E-state index in [4.69, 9.17) is 9.15 Å². The molecule has 0 fully saturated rings. The lowest BCUT2D eigenvalue weighted by Crippen LogP contribution is -2.20. The van der Waals surface area contributed by atoms with Crippen molar-refractivity contribution in [2.45, 2.75) is 6.92 Å². The lowest BCUT2D eigenvalue weighted by molar-refractivity contribution is 0.102. The van der Waals surface area contributed by atoms with E-state index in [1.54, 1.807) is 36.4 Å². The van der Waals surface area contributed by atoms with E-state index in [0.717, 1.165) is 5.56 Å². The van der Waals surface area contributed by atoms with Crippen molar-refractivity contribution < 1.29 is 13.9 Å². The molecule has 2 heterocycles. The van der Waals surface area contributed by atoms with Crippen molar-refractivity contribution in [3.8, 4) is 11.6 Å². The number of hydrogen-bond donors (Lipinski definition) is 1. The highest BCUT2D eigenvalue weighted by atomic mass is 16.5. The molecule has 1 amide bonds. The van der Waals surface area contributed by atoms with Crippen LogP contribution < -0.4 is 15.7 Å². The van der Waals surface area contributed by atoms with Crippen LogP contribution in [0.3, 0.4) is 0 Å². The molecule has 138 valence electrons. The Balaban J connectivity index is 1.49. The maximum absolute atomic E-state index is 12.5. The molecule has 0 atom stereocenters. The van der Waals surface area contributed by atoms with Gasteiger partial charge in [-0.05, 0) is 37.3 Å². The molecule has 0 aliphatic rings. The van der Waals surface area contributed by atoms with Crippen molar-refractivity contribution in [3.63, 3.8) is 0 Å². The second kappa shape index (κ2) is 7.36. The predicted molar refractivity (Wildman–Crippen MR) is 106 cm³/mol. The van der Waals surface area contributed by atoms with E-state index in [2.05, 4.69) is 10.3 Å². The molecule has 4 aromatic rings. The van der Waals surface area contributed by atoms with Crippen molar-refractivity contribution >= 4 is 22.6 Å². The van der Waals surface area contributed by atoms with Gasteiger partial charge in [0.2, 0.25) is 5.88 Å². The van der Waals surface area contributed by atoms with Crippen molar-refractivity contribution in [2.24, 2.45) is 0 Å². The van der Waals surface area contributed by atoms with Gasteiger partial charge in [0.1, 0.15) is 16.9 Å². The molecule has 28 heavy (non-hydrogen) atoms. The largest absolute Gasteiger partial charge is 0.439 e. The number of ether oxygens (including phenoxy) is 1. The maximum atomic E-state index is 12.5. The molecule has 4 rings (SSSR count). The molecule has 2 aromatic carbocycles. The summed E-state index contributed by atoms with van der Waals surface area (Å²) in [5, 5.41) is 3.32. The van der Waals surface area contributed by atoms with Crippen LogP contribution in [0.5, 0.6) is 11.6 Å². The van der Waals surface area contributed by atoms with Gasteiger partial charge < -0.3 is 14.5 Å². The quantitative estimate of drug-likeness (QED) is 0.532. The number of fused-ring (bicyclic) bond motifs is 1. The standard InChI is InChI=1S/C22H16N2O4/c1-14-6-9-17(10-7-14)27-20-11-8-16(13-23-20)24-21(25)18-12-15-4-2-3-5-19(15)28-22(18)26/h2-13H,1H3,(H,24,25). The van der Waals surface area contributed by atoms with Crippen molar-refractivity contribution in [2.75, 3.05) is 5.32 Å². The summed E-state index contributed by atoms with van der Waals surface area (Å²) in [4.78, 5) is 28.7. The van der Waals surface area contributed by atoms with Crippen LogP contribution in [-0.2, 0) is 0 Å². The molecule has 0 aliphatic heterocycles. The normalized spacial score (nSPS) is 10.6. The number of nitrogens with zero attached hydrogens (tertiary/aromatic N) is 1. The van der Waals surface area contributed by atoms with E-state index in [-0.39, 0.29) is 5.56 Å². The summed E-state index contributed by atoms with van der Waals surface area (Å²) in [5.74, 6) is 0.504. The fourth-order valence-electron chi connectivity index (χ4n) is 2.66. The van der Waals surface area contributed by atoms with Gasteiger partial charge in [-0.25, -0.2) is 9.78 Å². The van der Waals surface area contributed by atoms with Crippen molar-refractivity contribution in [1.29, 1.82) is 0 Å². The summed E-state index contributed by atoms with van der Waals surface area (Å²) < 4.78 is 10.8. The monoisotopic (exact) mass is 372 g/mol. The summed E-state index contributed by atoms with van der Waals surface area (Å²) in [5.41, 5.74) is 1.25. The number of para-hydroxylation sites is 1. The summed E-state index contributed by atoms with van der Waals surface area (Å²) in [6, 6.07) is 19.4. The Kier molecular flexibility index (Phi) is 4.60. The van der Waals surface area contributed by atoms with E-state index in [1.807, 2.05) is 31.2 Å². The second-order valence-corrected chi connectivity index (χ2v) is 6.24. The van der Waals surface area contributed by atoms with Crippen LogP contribution in [0.2, 0.25) is 0 Å². The minimum atomic E-state index is -0.691. The lowest BCUT2D eigenvalue weighted by Gasteiger charge is -2.07. The fraction of sp³-hybridized carbons (Fsp3) is 0.0455. The molecular weight excluding hydrogens is 356 g/mol.